The fourth-order valence-corrected chi connectivity index (χ4v) is 4.23. The minimum absolute atomic E-state index is 0.00127. The number of hydrazine groups is 1. The number of benzene rings is 4. The second-order valence-corrected chi connectivity index (χ2v) is 7.80. The van der Waals surface area contributed by atoms with Crippen LogP contribution in [0.3, 0.4) is 0 Å². The molecule has 0 unspecified atom stereocenters. The third kappa shape index (κ3) is 3.52. The summed E-state index contributed by atoms with van der Waals surface area (Å²) in [6.45, 7) is 1.03. The first kappa shape index (κ1) is 19.9. The third-order valence-corrected chi connectivity index (χ3v) is 5.90. The summed E-state index contributed by atoms with van der Waals surface area (Å²) in [5.74, 6) is 1.61. The molecule has 1 aliphatic heterocycles. The Kier molecular flexibility index (Phi) is 5.15. The summed E-state index contributed by atoms with van der Waals surface area (Å²) < 4.78 is 10.6. The van der Waals surface area contributed by atoms with Crippen LogP contribution in [0.1, 0.15) is 21.5 Å². The molecule has 5 nitrogen and oxygen atoms in total. The van der Waals surface area contributed by atoms with Crippen molar-refractivity contribution in [1.82, 2.24) is 5.01 Å². The molecule has 4 aromatic rings. The van der Waals surface area contributed by atoms with Gasteiger partial charge in [-0.3, -0.25) is 9.80 Å². The van der Waals surface area contributed by atoms with Crippen LogP contribution in [-0.4, -0.2) is 25.1 Å². The topological polar surface area (TPSA) is 42.0 Å². The van der Waals surface area contributed by atoms with Crippen LogP contribution in [0.15, 0.2) is 84.9 Å². The van der Waals surface area contributed by atoms with E-state index in [0.717, 1.165) is 44.6 Å². The normalized spacial score (nSPS) is 12.9. The molecule has 1 aliphatic rings. The van der Waals surface area contributed by atoms with E-state index in [0.29, 0.717) is 13.1 Å². The molecule has 1 heterocycles. The Morgan fingerprint density at radius 3 is 1.75 bits per heavy atom. The van der Waals surface area contributed by atoms with E-state index < -0.39 is 0 Å². The number of anilines is 1. The Morgan fingerprint density at radius 2 is 1.19 bits per heavy atom. The average molecular weight is 425 g/mol. The molecule has 1 amide bonds. The highest BCUT2D eigenvalue weighted by Crippen LogP contribution is 2.37. The number of hydrogen-bond donors (Lipinski definition) is 0. The highest BCUT2D eigenvalue weighted by Gasteiger charge is 2.32. The number of rotatable bonds is 6. The van der Waals surface area contributed by atoms with Crippen molar-refractivity contribution >= 4 is 22.4 Å². The lowest BCUT2D eigenvalue weighted by atomic mass is 9.99. The van der Waals surface area contributed by atoms with Crippen molar-refractivity contribution in [2.24, 2.45) is 0 Å². The number of carbonyl (C=O) groups excluding carboxylic acids is 1. The number of methoxy groups -OCH3 is 2. The van der Waals surface area contributed by atoms with Crippen LogP contribution < -0.4 is 14.5 Å². The number of ether oxygens (including phenoxy) is 2. The average Bonchev–Trinajstić information content (AvgIpc) is 2.85. The first-order valence-corrected chi connectivity index (χ1v) is 10.5. The van der Waals surface area contributed by atoms with Crippen LogP contribution >= 0.6 is 0 Å². The van der Waals surface area contributed by atoms with E-state index in [1.54, 1.807) is 14.2 Å². The van der Waals surface area contributed by atoms with Crippen LogP contribution in [0.2, 0.25) is 0 Å². The van der Waals surface area contributed by atoms with Gasteiger partial charge < -0.3 is 9.47 Å². The van der Waals surface area contributed by atoms with Gasteiger partial charge in [-0.05, 0) is 52.9 Å². The summed E-state index contributed by atoms with van der Waals surface area (Å²) in [6.07, 6.45) is 0. The Balaban J connectivity index is 1.58. The molecule has 4 aromatic carbocycles. The molecule has 0 atom stereocenters. The zero-order chi connectivity index (χ0) is 22.1. The molecule has 0 aliphatic carbocycles. The van der Waals surface area contributed by atoms with Gasteiger partial charge in [-0.15, -0.1) is 0 Å². The molecule has 160 valence electrons. The van der Waals surface area contributed by atoms with Crippen LogP contribution in [0, 0.1) is 0 Å². The molecular weight excluding hydrogens is 400 g/mol. The number of hydrogen-bond acceptors (Lipinski definition) is 4. The predicted molar refractivity (Wildman–Crippen MR) is 126 cm³/mol. The number of nitrogens with zero attached hydrogens (tertiary/aromatic N) is 2. The lowest BCUT2D eigenvalue weighted by molar-refractivity contribution is 0.0712. The maximum absolute atomic E-state index is 13.7. The second kappa shape index (κ2) is 8.27. The summed E-state index contributed by atoms with van der Waals surface area (Å²) in [6, 6.07) is 27.9. The van der Waals surface area contributed by atoms with E-state index >= 15 is 0 Å². The summed E-state index contributed by atoms with van der Waals surface area (Å²) in [5.41, 5.74) is 3.89. The smallest absolute Gasteiger partial charge is 0.273 e. The lowest BCUT2D eigenvalue weighted by Gasteiger charge is -2.41. The third-order valence-electron chi connectivity index (χ3n) is 5.90. The molecule has 0 radical (unpaired) electrons. The van der Waals surface area contributed by atoms with Crippen LogP contribution in [-0.2, 0) is 13.1 Å². The molecule has 0 N–H and O–H groups in total. The van der Waals surface area contributed by atoms with Gasteiger partial charge in [0.1, 0.15) is 11.5 Å². The van der Waals surface area contributed by atoms with E-state index in [4.69, 9.17) is 9.47 Å². The summed E-state index contributed by atoms with van der Waals surface area (Å²) >= 11 is 0. The summed E-state index contributed by atoms with van der Waals surface area (Å²) in [4.78, 5) is 13.7. The maximum atomic E-state index is 13.7. The summed E-state index contributed by atoms with van der Waals surface area (Å²) in [5, 5.41) is 5.99. The van der Waals surface area contributed by atoms with Gasteiger partial charge >= 0.3 is 0 Å². The van der Waals surface area contributed by atoms with Gasteiger partial charge in [0.2, 0.25) is 0 Å². The van der Waals surface area contributed by atoms with Crippen molar-refractivity contribution in [2.45, 2.75) is 13.1 Å². The number of amides is 1. The Bertz CT molecular complexity index is 1260. The highest BCUT2D eigenvalue weighted by molar-refractivity contribution is 6.14. The van der Waals surface area contributed by atoms with Crippen LogP contribution in [0.5, 0.6) is 11.5 Å². The summed E-state index contributed by atoms with van der Waals surface area (Å²) in [7, 11) is 3.31. The first-order valence-electron chi connectivity index (χ1n) is 10.5. The minimum atomic E-state index is -0.00127. The van der Waals surface area contributed by atoms with Gasteiger partial charge in [0.25, 0.3) is 5.91 Å². The molecule has 0 aromatic heterocycles. The molecule has 5 heteroatoms. The molecule has 0 saturated carbocycles. The highest BCUT2D eigenvalue weighted by atomic mass is 16.5. The Hall–Kier alpha value is -3.99. The van der Waals surface area contributed by atoms with E-state index in [2.05, 4.69) is 23.2 Å². The SMILES string of the molecule is COc1ccc(CN2C(=O)c3cccc4cccc(c34)N2Cc2ccc(OC)cc2)cc1. The van der Waals surface area contributed by atoms with E-state index in [1.165, 1.54) is 0 Å². The quantitative estimate of drug-likeness (QED) is 0.414. The molecule has 0 spiro atoms. The zero-order valence-electron chi connectivity index (χ0n) is 18.1. The van der Waals surface area contributed by atoms with Crippen molar-refractivity contribution in [2.75, 3.05) is 19.2 Å². The van der Waals surface area contributed by atoms with Gasteiger partial charge in [-0.1, -0.05) is 48.5 Å². The molecule has 5 rings (SSSR count). The molecule has 0 bridgehead atoms. The van der Waals surface area contributed by atoms with Crippen molar-refractivity contribution in [3.8, 4) is 11.5 Å². The fourth-order valence-electron chi connectivity index (χ4n) is 4.23. The van der Waals surface area contributed by atoms with E-state index in [9.17, 15) is 4.79 Å². The Labute approximate surface area is 187 Å². The van der Waals surface area contributed by atoms with Crippen molar-refractivity contribution < 1.29 is 14.3 Å². The second-order valence-electron chi connectivity index (χ2n) is 7.80. The fraction of sp³-hybridized carbons (Fsp3) is 0.148. The molecular formula is C27H24N2O3. The van der Waals surface area contributed by atoms with Gasteiger partial charge in [0.05, 0.1) is 38.6 Å². The lowest BCUT2D eigenvalue weighted by Crippen LogP contribution is -2.48. The van der Waals surface area contributed by atoms with E-state index in [1.807, 2.05) is 71.7 Å². The van der Waals surface area contributed by atoms with Gasteiger partial charge in [0, 0.05) is 5.39 Å². The first-order chi connectivity index (χ1) is 15.7. The molecule has 0 fully saturated rings. The van der Waals surface area contributed by atoms with Crippen LogP contribution in [0.4, 0.5) is 5.69 Å². The zero-order valence-corrected chi connectivity index (χ0v) is 18.1. The van der Waals surface area contributed by atoms with Gasteiger partial charge in [-0.2, -0.15) is 0 Å². The molecule has 32 heavy (non-hydrogen) atoms. The molecule has 0 saturated heterocycles. The predicted octanol–water partition coefficient (Wildman–Crippen LogP) is 5.43. The van der Waals surface area contributed by atoms with Gasteiger partial charge in [-0.25, -0.2) is 5.01 Å². The van der Waals surface area contributed by atoms with Crippen molar-refractivity contribution in [1.29, 1.82) is 0 Å². The van der Waals surface area contributed by atoms with Crippen LogP contribution in [0.25, 0.3) is 10.8 Å². The monoisotopic (exact) mass is 424 g/mol. The number of carbonyl (C=O) groups is 1. The van der Waals surface area contributed by atoms with Gasteiger partial charge in [0.15, 0.2) is 0 Å². The van der Waals surface area contributed by atoms with E-state index in [-0.39, 0.29) is 5.91 Å². The Morgan fingerprint density at radius 1 is 0.656 bits per heavy atom. The van der Waals surface area contributed by atoms with Crippen molar-refractivity contribution in [3.05, 3.63) is 102 Å². The standard InChI is InChI=1S/C27H24N2O3/c1-31-22-13-9-19(10-14-22)17-28-25-8-4-6-21-5-3-7-24(26(21)25)27(30)29(28)18-20-11-15-23(32-2)16-12-20/h3-16H,17-18H2,1-2H3. The van der Waals surface area contributed by atoms with Crippen molar-refractivity contribution in [3.63, 3.8) is 0 Å². The maximum Gasteiger partial charge on any atom is 0.273 e. The minimum Gasteiger partial charge on any atom is -0.497 e. The largest absolute Gasteiger partial charge is 0.497 e.